The van der Waals surface area contributed by atoms with Crippen LogP contribution in [0, 0.1) is 9.49 Å². The van der Waals surface area contributed by atoms with Crippen molar-refractivity contribution < 1.29 is 9.53 Å². The van der Waals surface area contributed by atoms with E-state index in [9.17, 15) is 4.79 Å². The van der Waals surface area contributed by atoms with E-state index in [0.29, 0.717) is 5.82 Å². The van der Waals surface area contributed by atoms with Crippen LogP contribution in [-0.2, 0) is 15.4 Å². The molecule has 6 heteroatoms. The Morgan fingerprint density at radius 3 is 2.75 bits per heavy atom. The Morgan fingerprint density at radius 1 is 1.50 bits per heavy atom. The van der Waals surface area contributed by atoms with Crippen molar-refractivity contribution in [3.63, 3.8) is 0 Å². The first-order valence-electron chi connectivity index (χ1n) is 6.29. The Hall–Kier alpha value is -0.820. The molecule has 1 aromatic carbocycles. The molecule has 0 fully saturated rings. The van der Waals surface area contributed by atoms with Gasteiger partial charge < -0.3 is 9.30 Å². The first-order valence-corrected chi connectivity index (χ1v) is 7.91. The third kappa shape index (κ3) is 2.79. The van der Waals surface area contributed by atoms with E-state index in [1.165, 1.54) is 7.11 Å². The second-order valence-electron chi connectivity index (χ2n) is 4.88. The first kappa shape index (κ1) is 15.6. The lowest BCUT2D eigenvalue weighted by molar-refractivity contribution is -0.145. The highest BCUT2D eigenvalue weighted by atomic mass is 127. The standard InChI is InChI=1S/C14H16ClIN2O2/c1-8(2)13(14(19)20-3)18-11-5-4-9(16)6-10(11)17-12(18)7-15/h4-6,8,13H,7H2,1-3H3. The van der Waals surface area contributed by atoms with E-state index >= 15 is 0 Å². The van der Waals surface area contributed by atoms with Crippen molar-refractivity contribution in [1.82, 2.24) is 9.55 Å². The minimum atomic E-state index is -0.418. The summed E-state index contributed by atoms with van der Waals surface area (Å²) in [6, 6.07) is 5.53. The molecule has 0 aliphatic heterocycles. The summed E-state index contributed by atoms with van der Waals surface area (Å²) in [5.74, 6) is 0.754. The van der Waals surface area contributed by atoms with Crippen LogP contribution in [0.1, 0.15) is 25.7 Å². The summed E-state index contributed by atoms with van der Waals surface area (Å²) >= 11 is 8.24. The van der Waals surface area contributed by atoms with Gasteiger partial charge in [0.25, 0.3) is 0 Å². The van der Waals surface area contributed by atoms with E-state index in [0.717, 1.165) is 14.6 Å². The van der Waals surface area contributed by atoms with E-state index in [4.69, 9.17) is 16.3 Å². The topological polar surface area (TPSA) is 44.1 Å². The number of hydrogen-bond donors (Lipinski definition) is 0. The van der Waals surface area contributed by atoms with Crippen LogP contribution < -0.4 is 0 Å². The molecule has 1 unspecified atom stereocenters. The first-order chi connectivity index (χ1) is 9.49. The summed E-state index contributed by atoms with van der Waals surface area (Å²) in [6.07, 6.45) is 0. The number of nitrogens with zero attached hydrogens (tertiary/aromatic N) is 2. The SMILES string of the molecule is COC(=O)C(C(C)C)n1c(CCl)nc2cc(I)ccc21. The minimum Gasteiger partial charge on any atom is -0.467 e. The quantitative estimate of drug-likeness (QED) is 0.441. The van der Waals surface area contributed by atoms with E-state index < -0.39 is 6.04 Å². The Kier molecular flexibility index (Phi) is 4.90. The van der Waals surface area contributed by atoms with Crippen molar-refractivity contribution in [3.8, 4) is 0 Å². The molecule has 0 N–H and O–H groups in total. The van der Waals surface area contributed by atoms with Crippen LogP contribution in [-0.4, -0.2) is 22.6 Å². The van der Waals surface area contributed by atoms with E-state index in [1.54, 1.807) is 0 Å². The maximum absolute atomic E-state index is 12.1. The minimum absolute atomic E-state index is 0.0843. The number of esters is 1. The molecule has 0 spiro atoms. The van der Waals surface area contributed by atoms with Gasteiger partial charge in [0.2, 0.25) is 0 Å². The number of aromatic nitrogens is 2. The van der Waals surface area contributed by atoms with Gasteiger partial charge in [-0.1, -0.05) is 13.8 Å². The fourth-order valence-corrected chi connectivity index (χ4v) is 2.99. The summed E-state index contributed by atoms with van der Waals surface area (Å²) in [6.45, 7) is 3.97. The number of ether oxygens (including phenoxy) is 1. The third-order valence-corrected chi connectivity index (χ3v) is 4.11. The third-order valence-electron chi connectivity index (χ3n) is 3.20. The number of carbonyl (C=O) groups is 1. The molecule has 0 radical (unpaired) electrons. The van der Waals surface area contributed by atoms with Gasteiger partial charge in [0.15, 0.2) is 0 Å². The van der Waals surface area contributed by atoms with Gasteiger partial charge in [-0.05, 0) is 46.7 Å². The average molecular weight is 407 g/mol. The Bertz CT molecular complexity index is 639. The predicted octanol–water partition coefficient (Wildman–Crippen LogP) is 3.75. The van der Waals surface area contributed by atoms with Crippen molar-refractivity contribution >= 4 is 51.2 Å². The van der Waals surface area contributed by atoms with Gasteiger partial charge in [-0.3, -0.25) is 0 Å². The van der Waals surface area contributed by atoms with Gasteiger partial charge in [0.1, 0.15) is 11.9 Å². The molecule has 20 heavy (non-hydrogen) atoms. The van der Waals surface area contributed by atoms with Crippen molar-refractivity contribution in [2.24, 2.45) is 5.92 Å². The predicted molar refractivity (Wildman–Crippen MR) is 87.9 cm³/mol. The van der Waals surface area contributed by atoms with Gasteiger partial charge in [-0.25, -0.2) is 9.78 Å². The monoisotopic (exact) mass is 406 g/mol. The molecular weight excluding hydrogens is 391 g/mol. The molecule has 4 nitrogen and oxygen atoms in total. The van der Waals surface area contributed by atoms with Gasteiger partial charge in [0.05, 0.1) is 24.0 Å². The van der Waals surface area contributed by atoms with Crippen LogP contribution in [0.3, 0.4) is 0 Å². The van der Waals surface area contributed by atoms with Crippen molar-refractivity contribution in [2.45, 2.75) is 25.8 Å². The number of rotatable bonds is 4. The smallest absolute Gasteiger partial charge is 0.329 e. The Labute approximate surface area is 136 Å². The van der Waals surface area contributed by atoms with E-state index in [2.05, 4.69) is 27.6 Å². The number of imidazole rings is 1. The molecule has 108 valence electrons. The highest BCUT2D eigenvalue weighted by Crippen LogP contribution is 2.29. The van der Waals surface area contributed by atoms with Gasteiger partial charge in [-0.15, -0.1) is 11.6 Å². The maximum Gasteiger partial charge on any atom is 0.329 e. The lowest BCUT2D eigenvalue weighted by Gasteiger charge is -2.22. The zero-order chi connectivity index (χ0) is 14.9. The highest BCUT2D eigenvalue weighted by molar-refractivity contribution is 14.1. The van der Waals surface area contributed by atoms with Crippen LogP contribution in [0.5, 0.6) is 0 Å². The molecule has 0 saturated heterocycles. The van der Waals surface area contributed by atoms with Gasteiger partial charge >= 0.3 is 5.97 Å². The second-order valence-corrected chi connectivity index (χ2v) is 6.39. The second kappa shape index (κ2) is 6.30. The fraction of sp³-hybridized carbons (Fsp3) is 0.429. The van der Waals surface area contributed by atoms with Crippen molar-refractivity contribution in [2.75, 3.05) is 7.11 Å². The molecule has 2 aromatic rings. The summed E-state index contributed by atoms with van der Waals surface area (Å²) < 4.78 is 7.93. The summed E-state index contributed by atoms with van der Waals surface area (Å²) in [4.78, 5) is 16.6. The molecule has 0 amide bonds. The van der Waals surface area contributed by atoms with Crippen LogP contribution in [0.25, 0.3) is 11.0 Å². The summed E-state index contributed by atoms with van der Waals surface area (Å²) in [5, 5.41) is 0. The zero-order valence-electron chi connectivity index (χ0n) is 11.6. The molecule has 0 aliphatic carbocycles. The Balaban J connectivity index is 2.69. The number of benzene rings is 1. The van der Waals surface area contributed by atoms with Crippen molar-refractivity contribution in [3.05, 3.63) is 27.6 Å². The largest absolute Gasteiger partial charge is 0.467 e. The molecule has 1 aromatic heterocycles. The average Bonchev–Trinajstić information content (AvgIpc) is 2.76. The lowest BCUT2D eigenvalue weighted by Crippen LogP contribution is -2.27. The molecule has 0 bridgehead atoms. The number of hydrogen-bond acceptors (Lipinski definition) is 3. The Morgan fingerprint density at radius 2 is 2.20 bits per heavy atom. The van der Waals surface area contributed by atoms with Gasteiger partial charge in [0, 0.05) is 3.57 Å². The van der Waals surface area contributed by atoms with E-state index in [1.807, 2.05) is 36.6 Å². The molecular formula is C14H16ClIN2O2. The van der Waals surface area contributed by atoms with E-state index in [-0.39, 0.29) is 17.8 Å². The van der Waals surface area contributed by atoms with Crippen LogP contribution >= 0.6 is 34.2 Å². The number of alkyl halides is 1. The lowest BCUT2D eigenvalue weighted by atomic mass is 10.0. The van der Waals surface area contributed by atoms with Crippen LogP contribution in [0.15, 0.2) is 18.2 Å². The zero-order valence-corrected chi connectivity index (χ0v) is 14.5. The number of fused-ring (bicyclic) bond motifs is 1. The number of halogens is 2. The molecule has 0 saturated carbocycles. The molecule has 0 aliphatic rings. The van der Waals surface area contributed by atoms with Crippen molar-refractivity contribution in [1.29, 1.82) is 0 Å². The van der Waals surface area contributed by atoms with Crippen LogP contribution in [0.2, 0.25) is 0 Å². The summed E-state index contributed by atoms with van der Waals surface area (Å²) in [7, 11) is 1.40. The molecule has 1 atom stereocenters. The molecule has 2 rings (SSSR count). The normalized spacial score (nSPS) is 12.9. The van der Waals surface area contributed by atoms with Crippen LogP contribution in [0.4, 0.5) is 0 Å². The van der Waals surface area contributed by atoms with Gasteiger partial charge in [-0.2, -0.15) is 0 Å². The highest BCUT2D eigenvalue weighted by Gasteiger charge is 2.28. The number of methoxy groups -OCH3 is 1. The molecule has 1 heterocycles. The number of carbonyl (C=O) groups excluding carboxylic acids is 1. The fourth-order valence-electron chi connectivity index (χ4n) is 2.32. The summed E-state index contributed by atoms with van der Waals surface area (Å²) in [5.41, 5.74) is 1.76. The maximum atomic E-state index is 12.1.